The largest absolute Gasteiger partial charge is 0.409 e. The Bertz CT molecular complexity index is 179. The van der Waals surface area contributed by atoms with Gasteiger partial charge in [-0.3, -0.25) is 0 Å². The van der Waals surface area contributed by atoms with Gasteiger partial charge in [-0.05, 0) is 18.6 Å². The number of nitrogens with one attached hydrogen (secondary N) is 1. The van der Waals surface area contributed by atoms with Crippen LogP contribution in [0.3, 0.4) is 0 Å². The quantitative estimate of drug-likeness (QED) is 0.151. The van der Waals surface area contributed by atoms with Gasteiger partial charge in [0.25, 0.3) is 0 Å². The second kappa shape index (κ2) is 10.1. The molecule has 0 aliphatic rings. The molecule has 5 nitrogen and oxygen atoms in total. The first-order chi connectivity index (χ1) is 7.26. The molecule has 0 aromatic heterocycles. The highest BCUT2D eigenvalue weighted by Crippen LogP contribution is 2.00. The maximum atomic E-state index is 8.56. The second-order valence-electron chi connectivity index (χ2n) is 3.13. The third-order valence-electron chi connectivity index (χ3n) is 1.96. The molecule has 1 atom stereocenters. The smallest absolute Gasteiger partial charge is 0.156 e. The molecule has 0 heterocycles. The van der Waals surface area contributed by atoms with E-state index in [1.807, 2.05) is 6.92 Å². The van der Waals surface area contributed by atoms with Crippen LogP contribution < -0.4 is 11.1 Å². The first-order valence-electron chi connectivity index (χ1n) is 5.15. The van der Waals surface area contributed by atoms with Gasteiger partial charge in [-0.2, -0.15) is 11.8 Å². The summed E-state index contributed by atoms with van der Waals surface area (Å²) in [6.45, 7) is 3.06. The van der Waals surface area contributed by atoms with Crippen LogP contribution >= 0.6 is 11.8 Å². The monoisotopic (exact) mass is 235 g/mol. The lowest BCUT2D eigenvalue weighted by Crippen LogP contribution is -2.41. The number of thioether (sulfide) groups is 1. The number of nitrogens with zero attached hydrogens (tertiary/aromatic N) is 1. The molecule has 0 aliphatic heterocycles. The molecule has 0 aliphatic carbocycles. The Balaban J connectivity index is 3.47. The SMILES string of the molecule is CCC(NCCSCCCO)C(N)=NO. The number of aliphatic hydroxyl groups is 1. The summed E-state index contributed by atoms with van der Waals surface area (Å²) in [6.07, 6.45) is 1.64. The van der Waals surface area contributed by atoms with E-state index in [4.69, 9.17) is 16.0 Å². The summed E-state index contributed by atoms with van der Waals surface area (Å²) in [7, 11) is 0. The highest BCUT2D eigenvalue weighted by Gasteiger charge is 2.09. The fourth-order valence-corrected chi connectivity index (χ4v) is 1.90. The summed E-state index contributed by atoms with van der Waals surface area (Å²) in [6, 6.07) is -0.0477. The molecule has 0 fully saturated rings. The lowest BCUT2D eigenvalue weighted by atomic mass is 10.2. The summed E-state index contributed by atoms with van der Waals surface area (Å²) in [5.41, 5.74) is 5.49. The lowest BCUT2D eigenvalue weighted by molar-refractivity contribution is 0.296. The van der Waals surface area contributed by atoms with Gasteiger partial charge in [0.05, 0.1) is 6.04 Å². The predicted octanol–water partition coefficient (Wildman–Crippen LogP) is 0.217. The maximum absolute atomic E-state index is 8.56. The average Bonchev–Trinajstić information content (AvgIpc) is 2.27. The minimum absolute atomic E-state index is 0.0477. The topological polar surface area (TPSA) is 90.9 Å². The van der Waals surface area contributed by atoms with Crippen LogP contribution in [0.4, 0.5) is 0 Å². The number of aliphatic hydroxyl groups excluding tert-OH is 1. The van der Waals surface area contributed by atoms with Gasteiger partial charge >= 0.3 is 0 Å². The zero-order valence-electron chi connectivity index (χ0n) is 9.15. The number of rotatable bonds is 9. The molecule has 15 heavy (non-hydrogen) atoms. The van der Waals surface area contributed by atoms with Crippen molar-refractivity contribution in [3.05, 3.63) is 0 Å². The molecule has 6 heteroatoms. The van der Waals surface area contributed by atoms with Crippen molar-refractivity contribution in [2.45, 2.75) is 25.8 Å². The molecule has 0 aromatic rings. The van der Waals surface area contributed by atoms with Gasteiger partial charge in [-0.25, -0.2) is 0 Å². The van der Waals surface area contributed by atoms with Gasteiger partial charge in [0.1, 0.15) is 0 Å². The van der Waals surface area contributed by atoms with E-state index in [1.54, 1.807) is 11.8 Å². The van der Waals surface area contributed by atoms with Gasteiger partial charge in [0.15, 0.2) is 5.84 Å². The van der Waals surface area contributed by atoms with Crippen molar-refractivity contribution in [3.63, 3.8) is 0 Å². The van der Waals surface area contributed by atoms with Crippen molar-refractivity contribution in [1.82, 2.24) is 5.32 Å². The van der Waals surface area contributed by atoms with Crippen molar-refractivity contribution in [2.75, 3.05) is 24.7 Å². The zero-order valence-corrected chi connectivity index (χ0v) is 9.96. The Morgan fingerprint density at radius 3 is 2.80 bits per heavy atom. The maximum Gasteiger partial charge on any atom is 0.156 e. The van der Waals surface area contributed by atoms with Gasteiger partial charge in [-0.1, -0.05) is 12.1 Å². The molecule has 90 valence electrons. The van der Waals surface area contributed by atoms with E-state index in [0.29, 0.717) is 0 Å². The predicted molar refractivity (Wildman–Crippen MR) is 64.5 cm³/mol. The molecule has 0 spiro atoms. The third kappa shape index (κ3) is 7.47. The van der Waals surface area contributed by atoms with Crippen LogP contribution in [0.25, 0.3) is 0 Å². The lowest BCUT2D eigenvalue weighted by Gasteiger charge is -2.14. The highest BCUT2D eigenvalue weighted by molar-refractivity contribution is 7.99. The number of nitrogens with two attached hydrogens (primary N) is 1. The van der Waals surface area contributed by atoms with E-state index >= 15 is 0 Å². The van der Waals surface area contributed by atoms with E-state index in [2.05, 4.69) is 10.5 Å². The number of amidine groups is 1. The minimum atomic E-state index is -0.0477. The van der Waals surface area contributed by atoms with Crippen LogP contribution in [0.15, 0.2) is 5.16 Å². The first kappa shape index (κ1) is 14.5. The van der Waals surface area contributed by atoms with Crippen molar-refractivity contribution in [3.8, 4) is 0 Å². The highest BCUT2D eigenvalue weighted by atomic mass is 32.2. The molecule has 1 unspecified atom stereocenters. The first-order valence-corrected chi connectivity index (χ1v) is 6.31. The fraction of sp³-hybridized carbons (Fsp3) is 0.889. The molecule has 0 saturated carbocycles. The van der Waals surface area contributed by atoms with Crippen LogP contribution in [-0.2, 0) is 0 Å². The number of oxime groups is 1. The summed E-state index contributed by atoms with van der Waals surface area (Å²) in [4.78, 5) is 0. The van der Waals surface area contributed by atoms with Crippen LogP contribution in [-0.4, -0.2) is 46.8 Å². The summed E-state index contributed by atoms with van der Waals surface area (Å²) >= 11 is 1.78. The number of hydrogen-bond acceptors (Lipinski definition) is 5. The van der Waals surface area contributed by atoms with Gasteiger partial charge in [0, 0.05) is 18.9 Å². The van der Waals surface area contributed by atoms with Crippen LogP contribution in [0, 0.1) is 0 Å². The Kier molecular flexibility index (Phi) is 9.76. The summed E-state index contributed by atoms with van der Waals surface area (Å²) in [5.74, 6) is 2.17. The van der Waals surface area contributed by atoms with Gasteiger partial charge in [-0.15, -0.1) is 0 Å². The Labute approximate surface area is 95.1 Å². The fourth-order valence-electron chi connectivity index (χ4n) is 1.10. The van der Waals surface area contributed by atoms with E-state index in [0.717, 1.165) is 30.9 Å². The Morgan fingerprint density at radius 1 is 1.53 bits per heavy atom. The van der Waals surface area contributed by atoms with E-state index in [1.165, 1.54) is 0 Å². The van der Waals surface area contributed by atoms with E-state index < -0.39 is 0 Å². The molecule has 0 amide bonds. The standard InChI is InChI=1S/C9H21N3O2S/c1-2-8(9(10)12-14)11-4-7-15-6-3-5-13/h8,11,13-14H,2-7H2,1H3,(H2,10,12). The molecule has 5 N–H and O–H groups in total. The average molecular weight is 235 g/mol. The van der Waals surface area contributed by atoms with Gasteiger partial charge < -0.3 is 21.4 Å². The van der Waals surface area contributed by atoms with Crippen molar-refractivity contribution >= 4 is 17.6 Å². The number of hydrogen-bond donors (Lipinski definition) is 4. The molecule has 0 aromatic carbocycles. The normalized spacial score (nSPS) is 14.1. The van der Waals surface area contributed by atoms with Gasteiger partial charge in [0.2, 0.25) is 0 Å². The van der Waals surface area contributed by atoms with Crippen molar-refractivity contribution in [1.29, 1.82) is 0 Å². The summed E-state index contributed by atoms with van der Waals surface area (Å²) in [5, 5.41) is 23.2. The van der Waals surface area contributed by atoms with Crippen molar-refractivity contribution in [2.24, 2.45) is 10.9 Å². The molecule has 0 bridgehead atoms. The molecule has 0 saturated heterocycles. The Hall–Kier alpha value is -0.460. The van der Waals surface area contributed by atoms with E-state index in [9.17, 15) is 0 Å². The molecular weight excluding hydrogens is 214 g/mol. The second-order valence-corrected chi connectivity index (χ2v) is 4.35. The van der Waals surface area contributed by atoms with Crippen molar-refractivity contribution < 1.29 is 10.3 Å². The Morgan fingerprint density at radius 2 is 2.27 bits per heavy atom. The molecular formula is C9H21N3O2S. The zero-order chi connectivity index (χ0) is 11.5. The minimum Gasteiger partial charge on any atom is -0.409 e. The summed E-state index contributed by atoms with van der Waals surface area (Å²) < 4.78 is 0. The van der Waals surface area contributed by atoms with Crippen LogP contribution in [0.2, 0.25) is 0 Å². The van der Waals surface area contributed by atoms with Crippen LogP contribution in [0.1, 0.15) is 19.8 Å². The molecule has 0 rings (SSSR count). The molecule has 0 radical (unpaired) electrons. The van der Waals surface area contributed by atoms with Crippen LogP contribution in [0.5, 0.6) is 0 Å². The third-order valence-corrected chi connectivity index (χ3v) is 3.03. The van der Waals surface area contributed by atoms with E-state index in [-0.39, 0.29) is 18.5 Å².